The van der Waals surface area contributed by atoms with Crippen LogP contribution in [0.3, 0.4) is 0 Å². The molecule has 7 heteroatoms. The Kier molecular flexibility index (Phi) is 8.15. The number of halogens is 1. The van der Waals surface area contributed by atoms with E-state index in [0.717, 1.165) is 79.6 Å². The standard InChI is InChI=1S/C32H40ClN3O2S/c1-2-5-23-16-26(33)9-11-28(23)25-19-36-18-24-8-7-22(24)6-3-15-34-21-32(13-4-14-32)31(37)35-39-27-10-12-30(38-20-25)29(36)17-27/h3,6,9-12,16-17,22,24-25,34H,2,4-5,7-8,13-15,18-21H2,1H3,(H,35,37)/b6-3+. The Morgan fingerprint density at radius 3 is 2.82 bits per heavy atom. The number of carbonyl (C=O) groups excluding carboxylic acids is 1. The molecule has 2 aromatic carbocycles. The van der Waals surface area contributed by atoms with E-state index in [4.69, 9.17) is 16.3 Å². The van der Waals surface area contributed by atoms with Crippen molar-refractivity contribution in [1.29, 1.82) is 0 Å². The molecule has 2 aliphatic heterocycles. The number of ether oxygens (including phenoxy) is 1. The number of fused-ring (bicyclic) bond motifs is 2. The van der Waals surface area contributed by atoms with Crippen LogP contribution in [-0.2, 0) is 11.2 Å². The lowest BCUT2D eigenvalue weighted by Crippen LogP contribution is -2.50. The molecule has 1 spiro atoms. The number of nitrogens with zero attached hydrogens (tertiary/aromatic N) is 1. The Morgan fingerprint density at radius 1 is 1.15 bits per heavy atom. The van der Waals surface area contributed by atoms with Crippen LogP contribution in [0.2, 0.25) is 5.02 Å². The minimum absolute atomic E-state index is 0.149. The molecule has 2 aromatic rings. The van der Waals surface area contributed by atoms with Crippen molar-refractivity contribution in [3.63, 3.8) is 0 Å². The topological polar surface area (TPSA) is 53.6 Å². The van der Waals surface area contributed by atoms with Crippen LogP contribution in [0.1, 0.15) is 62.5 Å². The Morgan fingerprint density at radius 2 is 2.05 bits per heavy atom. The number of rotatable bonds is 3. The van der Waals surface area contributed by atoms with Crippen molar-refractivity contribution in [2.75, 3.05) is 37.7 Å². The number of benzene rings is 2. The van der Waals surface area contributed by atoms with Crippen LogP contribution in [0.4, 0.5) is 5.69 Å². The second-order valence-corrected chi connectivity index (χ2v) is 13.2. The molecule has 1 amide bonds. The summed E-state index contributed by atoms with van der Waals surface area (Å²) in [5, 5.41) is 4.35. The molecule has 4 aliphatic rings. The second-order valence-electron chi connectivity index (χ2n) is 11.9. The Balaban J connectivity index is 1.32. The zero-order valence-electron chi connectivity index (χ0n) is 22.9. The van der Waals surface area contributed by atoms with Gasteiger partial charge in [0.1, 0.15) is 5.75 Å². The Bertz CT molecular complexity index is 1230. The van der Waals surface area contributed by atoms with Crippen LogP contribution in [-0.4, -0.2) is 38.7 Å². The molecule has 0 radical (unpaired) electrons. The van der Waals surface area contributed by atoms with Gasteiger partial charge in [0.05, 0.1) is 17.7 Å². The maximum Gasteiger partial charge on any atom is 0.237 e. The first-order chi connectivity index (χ1) is 19.0. The van der Waals surface area contributed by atoms with Crippen LogP contribution in [0.25, 0.3) is 0 Å². The summed E-state index contributed by atoms with van der Waals surface area (Å²) in [4.78, 5) is 16.8. The van der Waals surface area contributed by atoms with E-state index < -0.39 is 0 Å². The monoisotopic (exact) mass is 565 g/mol. The number of anilines is 1. The van der Waals surface area contributed by atoms with E-state index in [9.17, 15) is 4.79 Å². The van der Waals surface area contributed by atoms with Crippen molar-refractivity contribution in [2.24, 2.45) is 17.3 Å². The van der Waals surface area contributed by atoms with E-state index in [1.54, 1.807) is 0 Å². The summed E-state index contributed by atoms with van der Waals surface area (Å²) in [6.45, 7) is 6.35. The van der Waals surface area contributed by atoms with E-state index in [1.807, 2.05) is 6.07 Å². The third-order valence-electron chi connectivity index (χ3n) is 9.31. The van der Waals surface area contributed by atoms with Crippen LogP contribution >= 0.6 is 23.5 Å². The molecule has 3 unspecified atom stereocenters. The van der Waals surface area contributed by atoms with Crippen LogP contribution < -0.4 is 19.7 Å². The van der Waals surface area contributed by atoms with Gasteiger partial charge in [0.25, 0.3) is 0 Å². The van der Waals surface area contributed by atoms with Gasteiger partial charge in [0.2, 0.25) is 5.91 Å². The second kappa shape index (κ2) is 11.8. The van der Waals surface area contributed by atoms with Crippen LogP contribution in [0.15, 0.2) is 53.4 Å². The number of hydrogen-bond donors (Lipinski definition) is 2. The maximum absolute atomic E-state index is 13.2. The van der Waals surface area contributed by atoms with E-state index in [1.165, 1.54) is 35.9 Å². The van der Waals surface area contributed by atoms with E-state index in [-0.39, 0.29) is 17.2 Å². The van der Waals surface area contributed by atoms with Crippen molar-refractivity contribution in [3.8, 4) is 5.75 Å². The van der Waals surface area contributed by atoms with Crippen molar-refractivity contribution >= 4 is 35.1 Å². The third kappa shape index (κ3) is 5.71. The summed E-state index contributed by atoms with van der Waals surface area (Å²) in [6.07, 6.45) is 12.4. The first-order valence-electron chi connectivity index (χ1n) is 14.7. The summed E-state index contributed by atoms with van der Waals surface area (Å²) in [7, 11) is 0. The molecule has 6 rings (SSSR count). The molecule has 2 aliphatic carbocycles. The molecular weight excluding hydrogens is 526 g/mol. The quantitative estimate of drug-likeness (QED) is 0.318. The van der Waals surface area contributed by atoms with Gasteiger partial charge in [-0.05, 0) is 97.3 Å². The van der Waals surface area contributed by atoms with Crippen molar-refractivity contribution in [2.45, 2.75) is 62.7 Å². The largest absolute Gasteiger partial charge is 0.491 e. The van der Waals surface area contributed by atoms with Gasteiger partial charge in [-0.2, -0.15) is 0 Å². The van der Waals surface area contributed by atoms with Crippen molar-refractivity contribution in [1.82, 2.24) is 10.0 Å². The Labute approximate surface area is 242 Å². The summed E-state index contributed by atoms with van der Waals surface area (Å²) in [6, 6.07) is 12.8. The number of amides is 1. The molecule has 2 fully saturated rings. The number of hydrogen-bond acceptors (Lipinski definition) is 5. The van der Waals surface area contributed by atoms with Gasteiger partial charge in [0, 0.05) is 42.0 Å². The molecular formula is C32H40ClN3O2S. The smallest absolute Gasteiger partial charge is 0.237 e. The number of carbonyl (C=O) groups is 1. The fourth-order valence-corrected chi connectivity index (χ4v) is 7.58. The molecule has 2 N–H and O–H groups in total. The molecule has 3 atom stereocenters. The van der Waals surface area contributed by atoms with Gasteiger partial charge < -0.3 is 15.0 Å². The zero-order chi connectivity index (χ0) is 26.8. The minimum Gasteiger partial charge on any atom is -0.491 e. The fourth-order valence-electron chi connectivity index (χ4n) is 6.65. The third-order valence-corrected chi connectivity index (χ3v) is 10.3. The molecule has 2 heterocycles. The van der Waals surface area contributed by atoms with Crippen molar-refractivity contribution in [3.05, 3.63) is 64.7 Å². The lowest BCUT2D eigenvalue weighted by molar-refractivity contribution is -0.133. The van der Waals surface area contributed by atoms with Crippen LogP contribution in [0, 0.1) is 17.3 Å². The van der Waals surface area contributed by atoms with Gasteiger partial charge in [-0.1, -0.05) is 49.6 Å². The molecule has 39 heavy (non-hydrogen) atoms. The molecule has 2 bridgehead atoms. The minimum atomic E-state index is -0.278. The average Bonchev–Trinajstić information content (AvgIpc) is 3.07. The van der Waals surface area contributed by atoms with E-state index in [0.29, 0.717) is 18.4 Å². The highest BCUT2D eigenvalue weighted by Crippen LogP contribution is 2.44. The molecule has 2 saturated carbocycles. The number of aryl methyl sites for hydroxylation is 1. The molecule has 208 valence electrons. The molecule has 5 nitrogen and oxygen atoms in total. The summed E-state index contributed by atoms with van der Waals surface area (Å²) < 4.78 is 9.70. The summed E-state index contributed by atoms with van der Waals surface area (Å²) in [5.74, 6) is 2.59. The summed E-state index contributed by atoms with van der Waals surface area (Å²) >= 11 is 7.85. The predicted octanol–water partition coefficient (Wildman–Crippen LogP) is 6.75. The van der Waals surface area contributed by atoms with Crippen molar-refractivity contribution < 1.29 is 9.53 Å². The van der Waals surface area contributed by atoms with Gasteiger partial charge in [0.15, 0.2) is 0 Å². The number of allylic oxidation sites excluding steroid dienone is 1. The predicted molar refractivity (Wildman–Crippen MR) is 161 cm³/mol. The Hall–Kier alpha value is -2.15. The zero-order valence-corrected chi connectivity index (χ0v) is 24.5. The van der Waals surface area contributed by atoms with Gasteiger partial charge in [-0.25, -0.2) is 0 Å². The first-order valence-corrected chi connectivity index (χ1v) is 15.9. The number of nitrogens with one attached hydrogen (secondary N) is 2. The summed E-state index contributed by atoms with van der Waals surface area (Å²) in [5.41, 5.74) is 3.55. The molecule has 0 saturated heterocycles. The highest BCUT2D eigenvalue weighted by molar-refractivity contribution is 7.98. The SMILES string of the molecule is CCCc1cc(Cl)ccc1C1COc2ccc3cc2N(C1)CC1CCC1/C=C/CNCC1(CCC1)C(=O)NS3. The normalized spacial score (nSPS) is 27.3. The first kappa shape index (κ1) is 27.0. The van der Waals surface area contributed by atoms with E-state index >= 15 is 0 Å². The van der Waals surface area contributed by atoms with Gasteiger partial charge >= 0.3 is 0 Å². The average molecular weight is 566 g/mol. The molecule has 0 aromatic heterocycles. The van der Waals surface area contributed by atoms with E-state index in [2.05, 4.69) is 64.3 Å². The van der Waals surface area contributed by atoms with Gasteiger partial charge in [-0.15, -0.1) is 0 Å². The lowest BCUT2D eigenvalue weighted by Gasteiger charge is -2.41. The van der Waals surface area contributed by atoms with Crippen LogP contribution in [0.5, 0.6) is 5.75 Å². The highest BCUT2D eigenvalue weighted by atomic mass is 35.5. The van der Waals surface area contributed by atoms with Gasteiger partial charge in [-0.3, -0.25) is 9.52 Å². The highest BCUT2D eigenvalue weighted by Gasteiger charge is 2.44. The fraction of sp³-hybridized carbons (Fsp3) is 0.531. The maximum atomic E-state index is 13.2. The lowest BCUT2D eigenvalue weighted by atomic mass is 9.68.